The Bertz CT molecular complexity index is 567. The first-order valence-corrected chi connectivity index (χ1v) is 7.61. The molecule has 3 rings (SSSR count). The second-order valence-corrected chi connectivity index (χ2v) is 6.56. The first-order valence-electron chi connectivity index (χ1n) is 5.86. The Morgan fingerprint density at radius 1 is 1.42 bits per heavy atom. The van der Waals surface area contributed by atoms with Crippen LogP contribution in [0.4, 0.5) is 0 Å². The van der Waals surface area contributed by atoms with E-state index in [-0.39, 0.29) is 4.87 Å². The van der Waals surface area contributed by atoms with Gasteiger partial charge in [0.25, 0.3) is 0 Å². The molecule has 1 aromatic heterocycles. The van der Waals surface area contributed by atoms with Gasteiger partial charge in [-0.15, -0.1) is 11.8 Å². The molecule has 19 heavy (non-hydrogen) atoms. The number of hydrogen-bond acceptors (Lipinski definition) is 4. The predicted octanol–water partition coefficient (Wildman–Crippen LogP) is 2.77. The van der Waals surface area contributed by atoms with Crippen molar-refractivity contribution >= 4 is 35.0 Å². The van der Waals surface area contributed by atoms with E-state index in [4.69, 9.17) is 23.2 Å². The minimum atomic E-state index is -0.268. The number of hydrogen-bond donors (Lipinski definition) is 1. The summed E-state index contributed by atoms with van der Waals surface area (Å²) in [6, 6.07) is 5.63. The molecule has 7 heteroatoms. The van der Waals surface area contributed by atoms with E-state index < -0.39 is 0 Å². The van der Waals surface area contributed by atoms with E-state index in [9.17, 15) is 0 Å². The third-order valence-corrected chi connectivity index (χ3v) is 5.02. The summed E-state index contributed by atoms with van der Waals surface area (Å²) in [5, 5.41) is 9.03. The van der Waals surface area contributed by atoms with Crippen molar-refractivity contribution in [1.29, 1.82) is 0 Å². The van der Waals surface area contributed by atoms with Crippen LogP contribution >= 0.6 is 35.0 Å². The molecule has 1 fully saturated rings. The van der Waals surface area contributed by atoms with Crippen LogP contribution in [-0.4, -0.2) is 27.1 Å². The lowest BCUT2D eigenvalue weighted by Gasteiger charge is -2.30. The van der Waals surface area contributed by atoms with Gasteiger partial charge >= 0.3 is 0 Å². The third-order valence-electron chi connectivity index (χ3n) is 3.08. The highest BCUT2D eigenvalue weighted by molar-refractivity contribution is 8.00. The lowest BCUT2D eigenvalue weighted by atomic mass is 10.1. The van der Waals surface area contributed by atoms with E-state index in [1.54, 1.807) is 12.4 Å². The quantitative estimate of drug-likeness (QED) is 0.946. The predicted molar refractivity (Wildman–Crippen MR) is 78.6 cm³/mol. The summed E-state index contributed by atoms with van der Waals surface area (Å²) in [6.45, 7) is 1.62. The summed E-state index contributed by atoms with van der Waals surface area (Å²) in [6.07, 6.45) is 3.25. The molecule has 0 aliphatic carbocycles. The number of nitrogens with one attached hydrogen (secondary N) is 1. The molecule has 0 bridgehead atoms. The molecule has 2 aromatic rings. The van der Waals surface area contributed by atoms with Crippen molar-refractivity contribution in [3.05, 3.63) is 46.5 Å². The zero-order valence-electron chi connectivity index (χ0n) is 10.0. The highest BCUT2D eigenvalue weighted by Gasteiger charge is 2.38. The molecular formula is C12H12Cl2N4S. The summed E-state index contributed by atoms with van der Waals surface area (Å²) in [7, 11) is 0. The van der Waals surface area contributed by atoms with Crippen LogP contribution in [0, 0.1) is 0 Å². The third kappa shape index (κ3) is 2.60. The molecule has 1 unspecified atom stereocenters. The molecule has 1 atom stereocenters. The molecule has 0 radical (unpaired) electrons. The molecule has 0 saturated carbocycles. The van der Waals surface area contributed by atoms with Crippen LogP contribution in [0.15, 0.2) is 30.9 Å². The maximum Gasteiger partial charge on any atom is 0.137 e. The van der Waals surface area contributed by atoms with E-state index in [2.05, 4.69) is 15.4 Å². The molecule has 4 nitrogen and oxygen atoms in total. The molecule has 1 N–H and O–H groups in total. The van der Waals surface area contributed by atoms with Gasteiger partial charge in [-0.3, -0.25) is 5.32 Å². The van der Waals surface area contributed by atoms with Gasteiger partial charge < -0.3 is 0 Å². The summed E-state index contributed by atoms with van der Waals surface area (Å²) in [4.78, 5) is 3.72. The Hall–Kier alpha value is -0.750. The lowest BCUT2D eigenvalue weighted by molar-refractivity contribution is 0.422. The Labute approximate surface area is 125 Å². The zero-order valence-corrected chi connectivity index (χ0v) is 12.3. The maximum atomic E-state index is 6.36. The number of thioether (sulfide) groups is 1. The Balaban J connectivity index is 2.00. The van der Waals surface area contributed by atoms with E-state index in [0.717, 1.165) is 17.9 Å². The van der Waals surface area contributed by atoms with Crippen LogP contribution in [0.5, 0.6) is 0 Å². The second-order valence-electron chi connectivity index (χ2n) is 4.32. The van der Waals surface area contributed by atoms with E-state index in [0.29, 0.717) is 16.6 Å². The zero-order chi connectivity index (χ0) is 13.3. The normalized spacial score (nSPS) is 22.8. The molecule has 100 valence electrons. The van der Waals surface area contributed by atoms with Crippen molar-refractivity contribution < 1.29 is 0 Å². The van der Waals surface area contributed by atoms with Crippen molar-refractivity contribution in [2.45, 2.75) is 11.4 Å². The fourth-order valence-corrected chi connectivity index (χ4v) is 4.19. The van der Waals surface area contributed by atoms with Gasteiger partial charge in [0.15, 0.2) is 0 Å². The van der Waals surface area contributed by atoms with Crippen LogP contribution in [0.2, 0.25) is 10.0 Å². The SMILES string of the molecule is Clc1ccc(C2(Cn3cncn3)NCCS2)c(Cl)c1. The Kier molecular flexibility index (Phi) is 3.71. The van der Waals surface area contributed by atoms with Crippen LogP contribution < -0.4 is 5.32 Å². The van der Waals surface area contributed by atoms with E-state index in [1.807, 2.05) is 28.6 Å². The lowest BCUT2D eigenvalue weighted by Crippen LogP contribution is -2.39. The highest BCUT2D eigenvalue weighted by atomic mass is 35.5. The van der Waals surface area contributed by atoms with E-state index in [1.165, 1.54) is 6.33 Å². The van der Waals surface area contributed by atoms with Crippen molar-refractivity contribution in [1.82, 2.24) is 20.1 Å². The van der Waals surface area contributed by atoms with Gasteiger partial charge in [-0.25, -0.2) is 9.67 Å². The van der Waals surface area contributed by atoms with Crippen molar-refractivity contribution in [3.8, 4) is 0 Å². The fraction of sp³-hybridized carbons (Fsp3) is 0.333. The Morgan fingerprint density at radius 2 is 2.32 bits per heavy atom. The standard InChI is InChI=1S/C12H12Cl2N4S/c13-9-1-2-10(11(14)5-9)12(16-3-4-19-12)6-18-8-15-7-17-18/h1-2,5,7-8,16H,3-4,6H2. The van der Waals surface area contributed by atoms with Gasteiger partial charge in [-0.05, 0) is 12.1 Å². The van der Waals surface area contributed by atoms with Crippen molar-refractivity contribution in [2.24, 2.45) is 0 Å². The topological polar surface area (TPSA) is 42.7 Å². The molecule has 0 amide bonds. The van der Waals surface area contributed by atoms with Crippen molar-refractivity contribution in [2.75, 3.05) is 12.3 Å². The van der Waals surface area contributed by atoms with Gasteiger partial charge in [0.05, 0.1) is 6.54 Å². The number of aromatic nitrogens is 3. The minimum Gasteiger partial charge on any atom is -0.297 e. The van der Waals surface area contributed by atoms with Crippen LogP contribution in [0.25, 0.3) is 0 Å². The minimum absolute atomic E-state index is 0.268. The van der Waals surface area contributed by atoms with Gasteiger partial charge in [-0.2, -0.15) is 5.10 Å². The largest absolute Gasteiger partial charge is 0.297 e. The number of nitrogens with zero attached hydrogens (tertiary/aromatic N) is 3. The van der Waals surface area contributed by atoms with Crippen LogP contribution in [0.1, 0.15) is 5.56 Å². The van der Waals surface area contributed by atoms with Crippen molar-refractivity contribution in [3.63, 3.8) is 0 Å². The van der Waals surface area contributed by atoms with Gasteiger partial charge in [0, 0.05) is 27.9 Å². The monoisotopic (exact) mass is 314 g/mol. The summed E-state index contributed by atoms with van der Waals surface area (Å²) in [5.41, 5.74) is 1.04. The molecule has 1 aliphatic heterocycles. The number of halogens is 2. The van der Waals surface area contributed by atoms with E-state index >= 15 is 0 Å². The average molecular weight is 315 g/mol. The van der Waals surface area contributed by atoms with Gasteiger partial charge in [0.2, 0.25) is 0 Å². The number of rotatable bonds is 3. The second kappa shape index (κ2) is 5.32. The first-order chi connectivity index (χ1) is 9.20. The van der Waals surface area contributed by atoms with Crippen LogP contribution in [-0.2, 0) is 11.4 Å². The molecular weight excluding hydrogens is 303 g/mol. The Morgan fingerprint density at radius 3 is 2.95 bits per heavy atom. The van der Waals surface area contributed by atoms with Gasteiger partial charge in [-0.1, -0.05) is 29.3 Å². The molecule has 1 saturated heterocycles. The first kappa shape index (κ1) is 13.2. The van der Waals surface area contributed by atoms with Gasteiger partial charge in [0.1, 0.15) is 17.5 Å². The number of benzene rings is 1. The summed E-state index contributed by atoms with van der Waals surface area (Å²) in [5.74, 6) is 1.04. The summed E-state index contributed by atoms with van der Waals surface area (Å²) >= 11 is 14.2. The summed E-state index contributed by atoms with van der Waals surface area (Å²) < 4.78 is 1.82. The molecule has 0 spiro atoms. The molecule has 1 aromatic carbocycles. The molecule has 1 aliphatic rings. The van der Waals surface area contributed by atoms with Crippen LogP contribution in [0.3, 0.4) is 0 Å². The maximum absolute atomic E-state index is 6.36. The average Bonchev–Trinajstić information content (AvgIpc) is 3.02. The fourth-order valence-electron chi connectivity index (χ4n) is 2.25. The highest BCUT2D eigenvalue weighted by Crippen LogP contribution is 2.42. The smallest absolute Gasteiger partial charge is 0.137 e. The molecule has 2 heterocycles.